The van der Waals surface area contributed by atoms with Crippen LogP contribution in [0.1, 0.15) is 5.76 Å². The maximum absolute atomic E-state index is 4.53. The van der Waals surface area contributed by atoms with Crippen LogP contribution in [0.15, 0.2) is 10.7 Å². The molecule has 0 saturated heterocycles. The summed E-state index contributed by atoms with van der Waals surface area (Å²) in [6.07, 6.45) is 1.68. The fourth-order valence-corrected chi connectivity index (χ4v) is 0.242. The standard InChI is InChI=1S/C3H4N2O/c1-3-2-4-5-6-3/h2H,1H3/p+1. The van der Waals surface area contributed by atoms with Gasteiger partial charge in [0.15, 0.2) is 5.27 Å². The summed E-state index contributed by atoms with van der Waals surface area (Å²) in [6, 6.07) is 0. The molecule has 1 aromatic heterocycles. The highest BCUT2D eigenvalue weighted by Gasteiger charge is 1.87. The first-order valence-corrected chi connectivity index (χ1v) is 1.69. The fraction of sp³-hybridized carbons (Fsp3) is 0.333. The SMILES string of the molecule is Cc1c[nH+]no1. The minimum Gasteiger partial charge on any atom is -0.306 e. The van der Waals surface area contributed by atoms with E-state index in [1.807, 2.05) is 6.92 Å². The summed E-state index contributed by atoms with van der Waals surface area (Å²) < 4.78 is 4.53. The second-order valence-electron chi connectivity index (χ2n) is 1.07. The lowest BCUT2D eigenvalue weighted by atomic mass is 10.6. The zero-order valence-electron chi connectivity index (χ0n) is 3.43. The van der Waals surface area contributed by atoms with E-state index in [-0.39, 0.29) is 0 Å². The molecule has 1 aromatic rings. The first kappa shape index (κ1) is 3.33. The van der Waals surface area contributed by atoms with Crippen LogP contribution in [0.3, 0.4) is 0 Å². The summed E-state index contributed by atoms with van der Waals surface area (Å²) in [7, 11) is 0. The van der Waals surface area contributed by atoms with Gasteiger partial charge in [-0.05, 0) is 0 Å². The Morgan fingerprint density at radius 1 is 2.00 bits per heavy atom. The number of hydrogen-bond acceptors (Lipinski definition) is 2. The highest BCUT2D eigenvalue weighted by Crippen LogP contribution is 1.80. The summed E-state index contributed by atoms with van der Waals surface area (Å²) in [5, 5.41) is 5.83. The molecule has 0 fully saturated rings. The molecule has 0 aliphatic rings. The Balaban J connectivity index is 3.05. The van der Waals surface area contributed by atoms with Gasteiger partial charge in [-0.25, -0.2) is 0 Å². The van der Waals surface area contributed by atoms with Crippen LogP contribution in [0.4, 0.5) is 0 Å². The van der Waals surface area contributed by atoms with Crippen LogP contribution < -0.4 is 5.10 Å². The van der Waals surface area contributed by atoms with E-state index in [1.54, 1.807) is 6.20 Å². The molecule has 0 aliphatic carbocycles. The lowest BCUT2D eigenvalue weighted by Crippen LogP contribution is -1.96. The number of nitrogens with one attached hydrogen (secondary N) is 1. The summed E-state index contributed by atoms with van der Waals surface area (Å²) in [4.78, 5) is 0. The Morgan fingerprint density at radius 2 is 2.83 bits per heavy atom. The number of hydrogen-bond donors (Lipinski definition) is 0. The average molecular weight is 85.1 g/mol. The summed E-state index contributed by atoms with van der Waals surface area (Å²) in [5.74, 6) is 0.801. The van der Waals surface area contributed by atoms with Crippen molar-refractivity contribution in [3.63, 3.8) is 0 Å². The zero-order chi connectivity index (χ0) is 4.41. The predicted molar refractivity (Wildman–Crippen MR) is 17.8 cm³/mol. The lowest BCUT2D eigenvalue weighted by Gasteiger charge is -1.56. The second kappa shape index (κ2) is 1.08. The first-order valence-electron chi connectivity index (χ1n) is 1.69. The Morgan fingerprint density at radius 3 is 3.00 bits per heavy atom. The largest absolute Gasteiger partial charge is 0.306 e. The number of rotatable bonds is 0. The molecular formula is C3H5N2O+. The molecule has 32 valence electrons. The Kier molecular flexibility index (Phi) is 0.602. The van der Waals surface area contributed by atoms with Crippen LogP contribution in [-0.4, -0.2) is 5.27 Å². The van der Waals surface area contributed by atoms with Crippen LogP contribution in [0, 0.1) is 6.92 Å². The van der Waals surface area contributed by atoms with Crippen molar-refractivity contribution in [3.8, 4) is 0 Å². The first-order chi connectivity index (χ1) is 2.89. The zero-order valence-corrected chi connectivity index (χ0v) is 3.43. The third kappa shape index (κ3) is 0.381. The monoisotopic (exact) mass is 85.0 g/mol. The fourth-order valence-electron chi connectivity index (χ4n) is 0.242. The Labute approximate surface area is 34.9 Å². The van der Waals surface area contributed by atoms with E-state index in [4.69, 9.17) is 0 Å². The van der Waals surface area contributed by atoms with Gasteiger partial charge in [0.1, 0.15) is 0 Å². The number of aryl methyl sites for hydroxylation is 1. The molecular weight excluding hydrogens is 80.0 g/mol. The van der Waals surface area contributed by atoms with Crippen molar-refractivity contribution in [1.29, 1.82) is 0 Å². The van der Waals surface area contributed by atoms with Gasteiger partial charge in [-0.15, -0.1) is 0 Å². The maximum atomic E-state index is 4.53. The smallest absolute Gasteiger partial charge is 0.237 e. The molecule has 0 saturated carbocycles. The van der Waals surface area contributed by atoms with Gasteiger partial charge in [-0.3, -0.25) is 0 Å². The van der Waals surface area contributed by atoms with E-state index in [0.717, 1.165) is 5.76 Å². The van der Waals surface area contributed by atoms with Crippen LogP contribution in [0.5, 0.6) is 0 Å². The molecule has 0 atom stereocenters. The third-order valence-electron chi connectivity index (χ3n) is 0.510. The predicted octanol–water partition coefficient (Wildman–Crippen LogP) is -0.203. The van der Waals surface area contributed by atoms with Crippen molar-refractivity contribution in [2.75, 3.05) is 0 Å². The highest BCUT2D eigenvalue weighted by atomic mass is 16.5. The summed E-state index contributed by atoms with van der Waals surface area (Å²) in [6.45, 7) is 1.82. The topological polar surface area (TPSA) is 40.2 Å². The number of aromatic nitrogens is 2. The number of aromatic amines is 1. The van der Waals surface area contributed by atoms with Gasteiger partial charge in [0.05, 0.1) is 0 Å². The van der Waals surface area contributed by atoms with Crippen LogP contribution in [-0.2, 0) is 0 Å². The molecule has 0 unspecified atom stereocenters. The Hall–Kier alpha value is -0.860. The molecule has 3 nitrogen and oxygen atoms in total. The van der Waals surface area contributed by atoms with Gasteiger partial charge < -0.3 is 4.52 Å². The number of nitrogens with zero attached hydrogens (tertiary/aromatic N) is 1. The van der Waals surface area contributed by atoms with Crippen molar-refractivity contribution < 1.29 is 9.62 Å². The van der Waals surface area contributed by atoms with E-state index >= 15 is 0 Å². The highest BCUT2D eigenvalue weighted by molar-refractivity contribution is 4.72. The van der Waals surface area contributed by atoms with E-state index in [0.29, 0.717) is 0 Å². The second-order valence-corrected chi connectivity index (χ2v) is 1.07. The van der Waals surface area contributed by atoms with Crippen molar-refractivity contribution in [3.05, 3.63) is 12.0 Å². The molecule has 0 amide bonds. The van der Waals surface area contributed by atoms with Crippen LogP contribution >= 0.6 is 0 Å². The van der Waals surface area contributed by atoms with Gasteiger partial charge >= 0.3 is 0 Å². The molecule has 0 spiro atoms. The van der Waals surface area contributed by atoms with Crippen molar-refractivity contribution in [2.45, 2.75) is 6.92 Å². The van der Waals surface area contributed by atoms with Crippen LogP contribution in [0.25, 0.3) is 0 Å². The molecule has 0 bridgehead atoms. The van der Waals surface area contributed by atoms with Crippen molar-refractivity contribution >= 4 is 0 Å². The van der Waals surface area contributed by atoms with E-state index < -0.39 is 0 Å². The quantitative estimate of drug-likeness (QED) is 0.437. The normalized spacial score (nSPS) is 8.83. The molecule has 3 heteroatoms. The van der Waals surface area contributed by atoms with Gasteiger partial charge in [-0.2, -0.15) is 0 Å². The average Bonchev–Trinajstić information content (AvgIpc) is 1.86. The lowest BCUT2D eigenvalue weighted by molar-refractivity contribution is -0.471. The van der Waals surface area contributed by atoms with Crippen molar-refractivity contribution in [1.82, 2.24) is 5.27 Å². The van der Waals surface area contributed by atoms with Crippen LogP contribution in [0.2, 0.25) is 0 Å². The molecule has 1 heterocycles. The summed E-state index contributed by atoms with van der Waals surface area (Å²) >= 11 is 0. The van der Waals surface area contributed by atoms with E-state index in [1.165, 1.54) is 0 Å². The van der Waals surface area contributed by atoms with E-state index in [9.17, 15) is 0 Å². The maximum Gasteiger partial charge on any atom is 0.237 e. The minimum atomic E-state index is 0.801. The molecule has 1 rings (SSSR count). The van der Waals surface area contributed by atoms with E-state index in [2.05, 4.69) is 14.9 Å². The third-order valence-corrected chi connectivity index (χ3v) is 0.510. The summed E-state index contributed by atoms with van der Waals surface area (Å²) in [5.41, 5.74) is 0. The molecule has 0 radical (unpaired) electrons. The van der Waals surface area contributed by atoms with Gasteiger partial charge in [0.2, 0.25) is 12.0 Å². The number of H-pyrrole nitrogens is 1. The van der Waals surface area contributed by atoms with Gasteiger partial charge in [-0.1, -0.05) is 5.10 Å². The van der Waals surface area contributed by atoms with Gasteiger partial charge in [0, 0.05) is 6.92 Å². The molecule has 6 heavy (non-hydrogen) atoms. The molecule has 0 aromatic carbocycles. The Bertz CT molecular complexity index is 112. The van der Waals surface area contributed by atoms with Gasteiger partial charge in [0.25, 0.3) is 0 Å². The molecule has 0 aliphatic heterocycles. The van der Waals surface area contributed by atoms with Crippen molar-refractivity contribution in [2.24, 2.45) is 0 Å². The minimum absolute atomic E-state index is 0.801. The molecule has 1 N–H and O–H groups in total.